The first kappa shape index (κ1) is 20.9. The van der Waals surface area contributed by atoms with Crippen LogP contribution >= 0.6 is 11.8 Å². The van der Waals surface area contributed by atoms with Crippen LogP contribution in [-0.2, 0) is 16.0 Å². The molecule has 12 heteroatoms. The van der Waals surface area contributed by atoms with Crippen LogP contribution in [0.15, 0.2) is 28.1 Å². The Balaban J connectivity index is 2.30. The van der Waals surface area contributed by atoms with Gasteiger partial charge in [-0.05, 0) is 24.2 Å². The second-order valence-corrected chi connectivity index (χ2v) is 7.69. The lowest BCUT2D eigenvalue weighted by atomic mass is 10.2. The average molecular weight is 418 g/mol. The van der Waals surface area contributed by atoms with Gasteiger partial charge in [0.1, 0.15) is 6.54 Å². The lowest BCUT2D eigenvalue weighted by Gasteiger charge is -2.18. The molecular weight excluding hydrogens is 406 g/mol. The maximum atomic E-state index is 12.6. The summed E-state index contributed by atoms with van der Waals surface area (Å²) in [6, 6.07) is 3.86. The summed E-state index contributed by atoms with van der Waals surface area (Å²) in [6.07, 6.45) is -9.25. The van der Waals surface area contributed by atoms with Gasteiger partial charge in [0.25, 0.3) is 0 Å². The fraction of sp³-hybridized carbons (Fsp3) is 0.429. The van der Waals surface area contributed by atoms with Gasteiger partial charge in [0.2, 0.25) is 11.7 Å². The number of hydrogen-bond donors (Lipinski definition) is 0. The Morgan fingerprint density at radius 3 is 2.46 bits per heavy atom. The molecule has 0 bridgehead atoms. The van der Waals surface area contributed by atoms with Crippen LogP contribution in [0.2, 0.25) is 0 Å². The summed E-state index contributed by atoms with van der Waals surface area (Å²) in [5.74, 6) is -2.52. The fourth-order valence-corrected chi connectivity index (χ4v) is 4.09. The number of thioether (sulfide) groups is 1. The number of carbonyl (C=O) groups excluding carboxylic acids is 1. The van der Waals surface area contributed by atoms with Crippen molar-refractivity contribution < 1.29 is 35.7 Å². The number of benzene rings is 1. The van der Waals surface area contributed by atoms with E-state index in [1.54, 1.807) is 0 Å². The van der Waals surface area contributed by atoms with Gasteiger partial charge in [0.05, 0.1) is 11.4 Å². The first-order valence-electron chi connectivity index (χ1n) is 7.00. The topological polar surface area (TPSA) is 55.7 Å². The summed E-state index contributed by atoms with van der Waals surface area (Å²) in [5.41, 5.74) is 0.351. The Bertz CT molecular complexity index is 720. The summed E-state index contributed by atoms with van der Waals surface area (Å²) in [5, 5.41) is -0.205. The third-order valence-corrected chi connectivity index (χ3v) is 5.61. The largest absolute Gasteiger partial charge is 0.611 e. The monoisotopic (exact) mass is 418 g/mol. The predicted octanol–water partition coefficient (Wildman–Crippen LogP) is 3.79. The van der Waals surface area contributed by atoms with Crippen molar-refractivity contribution in [2.24, 2.45) is 4.99 Å². The number of halogens is 6. The van der Waals surface area contributed by atoms with Crippen molar-refractivity contribution in [3.8, 4) is 0 Å². The van der Waals surface area contributed by atoms with E-state index in [-0.39, 0.29) is 21.5 Å². The minimum absolute atomic E-state index is 0.0190. The third-order valence-electron chi connectivity index (χ3n) is 3.13. The van der Waals surface area contributed by atoms with Crippen molar-refractivity contribution in [1.82, 2.24) is 4.90 Å². The van der Waals surface area contributed by atoms with Gasteiger partial charge >= 0.3 is 12.4 Å². The average Bonchev–Trinajstić information content (AvgIpc) is 2.78. The molecule has 0 spiro atoms. The van der Waals surface area contributed by atoms with Gasteiger partial charge < -0.3 is 4.55 Å². The van der Waals surface area contributed by atoms with E-state index >= 15 is 0 Å². The number of rotatable bonds is 4. The van der Waals surface area contributed by atoms with Gasteiger partial charge in [-0.2, -0.15) is 26.3 Å². The first-order valence-corrected chi connectivity index (χ1v) is 9.30. The predicted molar refractivity (Wildman–Crippen MR) is 85.8 cm³/mol. The van der Waals surface area contributed by atoms with Gasteiger partial charge in [-0.1, -0.05) is 17.8 Å². The molecule has 1 aromatic rings. The molecule has 1 aliphatic heterocycles. The van der Waals surface area contributed by atoms with E-state index in [9.17, 15) is 35.7 Å². The van der Waals surface area contributed by atoms with Crippen LogP contribution < -0.4 is 0 Å². The molecule has 1 atom stereocenters. The summed E-state index contributed by atoms with van der Waals surface area (Å²) in [6.45, 7) is -0.0410. The highest BCUT2D eigenvalue weighted by Gasteiger charge is 2.39. The second kappa shape index (κ2) is 7.69. The molecule has 0 aliphatic carbocycles. The van der Waals surface area contributed by atoms with E-state index in [4.69, 9.17) is 0 Å². The Kier molecular flexibility index (Phi) is 6.18. The summed E-state index contributed by atoms with van der Waals surface area (Å²) in [7, 11) is 0. The van der Waals surface area contributed by atoms with E-state index in [1.807, 2.05) is 0 Å². The summed E-state index contributed by atoms with van der Waals surface area (Å²) >= 11 is -1.58. The molecule has 1 aromatic carbocycles. The second-order valence-electron chi connectivity index (χ2n) is 5.33. The van der Waals surface area contributed by atoms with Gasteiger partial charge in [-0.15, -0.1) is 0 Å². The number of hydrogen-bond acceptors (Lipinski definition) is 4. The van der Waals surface area contributed by atoms with E-state index in [1.165, 1.54) is 19.1 Å². The first-order chi connectivity index (χ1) is 11.9. The van der Waals surface area contributed by atoms with Crippen molar-refractivity contribution in [1.29, 1.82) is 0 Å². The van der Waals surface area contributed by atoms with Crippen LogP contribution in [-0.4, -0.2) is 50.9 Å². The molecule has 0 aromatic heterocycles. The zero-order valence-corrected chi connectivity index (χ0v) is 14.8. The van der Waals surface area contributed by atoms with Crippen LogP contribution in [0.4, 0.5) is 32.0 Å². The SMILES string of the molecule is Cc1ccc(/N=C2\SCC(=O)N2CC(F)(F)F)cc1[S+]([O-])CC(F)(F)F. The Morgan fingerprint density at radius 2 is 1.88 bits per heavy atom. The summed E-state index contributed by atoms with van der Waals surface area (Å²) < 4.78 is 86.9. The maximum absolute atomic E-state index is 12.6. The van der Waals surface area contributed by atoms with Crippen molar-refractivity contribution >= 4 is 39.7 Å². The number of alkyl halides is 6. The molecule has 1 unspecified atom stereocenters. The number of nitrogens with zero attached hydrogens (tertiary/aromatic N) is 2. The number of carbonyl (C=O) groups is 1. The van der Waals surface area contributed by atoms with Crippen LogP contribution in [0, 0.1) is 6.92 Å². The van der Waals surface area contributed by atoms with E-state index in [2.05, 4.69) is 4.99 Å². The zero-order valence-electron chi connectivity index (χ0n) is 13.1. The Labute approximate surface area is 151 Å². The lowest BCUT2D eigenvalue weighted by molar-refractivity contribution is -0.150. The molecule has 2 rings (SSSR count). The molecule has 4 nitrogen and oxygen atoms in total. The lowest BCUT2D eigenvalue weighted by Crippen LogP contribution is -2.38. The van der Waals surface area contributed by atoms with Gasteiger partial charge in [-0.3, -0.25) is 9.69 Å². The Hall–Kier alpha value is -1.40. The van der Waals surface area contributed by atoms with Crippen molar-refractivity contribution in [3.63, 3.8) is 0 Å². The molecule has 1 heterocycles. The highest BCUT2D eigenvalue weighted by atomic mass is 32.2. The van der Waals surface area contributed by atoms with E-state index < -0.39 is 41.7 Å². The molecule has 1 aliphatic rings. The molecule has 1 fully saturated rings. The van der Waals surface area contributed by atoms with E-state index in [0.717, 1.165) is 17.8 Å². The van der Waals surface area contributed by atoms with Crippen molar-refractivity contribution in [2.45, 2.75) is 24.2 Å². The molecular formula is C14H12F6N2O2S2. The highest BCUT2D eigenvalue weighted by molar-refractivity contribution is 8.15. The van der Waals surface area contributed by atoms with Gasteiger partial charge in [-0.25, -0.2) is 4.99 Å². The number of aliphatic imine (C=N–C) groups is 1. The fourth-order valence-electron chi connectivity index (χ4n) is 2.06. The van der Waals surface area contributed by atoms with Crippen molar-refractivity contribution in [2.75, 3.05) is 18.1 Å². The summed E-state index contributed by atoms with van der Waals surface area (Å²) in [4.78, 5) is 15.9. The number of aryl methyl sites for hydroxylation is 1. The molecule has 0 N–H and O–H groups in total. The van der Waals surface area contributed by atoms with Crippen LogP contribution in [0.25, 0.3) is 0 Å². The molecule has 144 valence electrons. The Morgan fingerprint density at radius 1 is 1.23 bits per heavy atom. The number of amides is 1. The normalized spacial score (nSPS) is 18.7. The minimum Gasteiger partial charge on any atom is -0.611 e. The molecule has 1 saturated heterocycles. The van der Waals surface area contributed by atoms with Crippen LogP contribution in [0.1, 0.15) is 5.56 Å². The van der Waals surface area contributed by atoms with Crippen molar-refractivity contribution in [3.05, 3.63) is 23.8 Å². The van der Waals surface area contributed by atoms with Crippen LogP contribution in [0.5, 0.6) is 0 Å². The standard InChI is InChI=1S/C14H12F6N2O2S2/c1-8-2-3-9(4-10(8)26(24)7-14(18,19)20)21-12-22(6-13(15,16)17)11(23)5-25-12/h2-4H,5-7H2,1H3/b21-12-. The smallest absolute Gasteiger partial charge is 0.433 e. The van der Waals surface area contributed by atoms with Gasteiger partial charge in [0.15, 0.2) is 10.1 Å². The number of amidine groups is 1. The molecule has 0 radical (unpaired) electrons. The minimum atomic E-state index is -4.63. The third kappa shape index (κ3) is 5.81. The zero-order chi connectivity index (χ0) is 19.7. The quantitative estimate of drug-likeness (QED) is 0.552. The van der Waals surface area contributed by atoms with Gasteiger partial charge in [0, 0.05) is 11.6 Å². The molecule has 26 heavy (non-hydrogen) atoms. The highest BCUT2D eigenvalue weighted by Crippen LogP contribution is 2.31. The van der Waals surface area contributed by atoms with Crippen LogP contribution in [0.3, 0.4) is 0 Å². The maximum Gasteiger partial charge on any atom is 0.433 e. The molecule has 1 amide bonds. The van der Waals surface area contributed by atoms with E-state index in [0.29, 0.717) is 10.5 Å². The molecule has 0 saturated carbocycles.